The van der Waals surface area contributed by atoms with Crippen LogP contribution in [0.2, 0.25) is 0 Å². The van der Waals surface area contributed by atoms with Crippen LogP contribution in [0.25, 0.3) is 11.2 Å². The molecule has 2 aliphatic rings. The molecule has 158 valence electrons. The number of hydrogen-bond acceptors (Lipinski definition) is 6. The van der Waals surface area contributed by atoms with E-state index in [1.807, 2.05) is 4.57 Å². The molecule has 0 bridgehead atoms. The fraction of sp³-hybridized carbons (Fsp3) is 0.476. The highest BCUT2D eigenvalue weighted by Gasteiger charge is 2.28. The Morgan fingerprint density at radius 1 is 1.00 bits per heavy atom. The summed E-state index contributed by atoms with van der Waals surface area (Å²) >= 11 is 0. The number of hydrogen-bond donors (Lipinski definition) is 0. The minimum atomic E-state index is -0.320. The second-order valence-electron chi connectivity index (χ2n) is 7.98. The predicted molar refractivity (Wildman–Crippen MR) is 115 cm³/mol. The summed E-state index contributed by atoms with van der Waals surface area (Å²) in [5, 5.41) is 0. The third-order valence-electron chi connectivity index (χ3n) is 6.09. The van der Waals surface area contributed by atoms with Crippen LogP contribution in [0.15, 0.2) is 33.9 Å². The number of benzene rings is 1. The Labute approximate surface area is 173 Å². The molecule has 1 fully saturated rings. The van der Waals surface area contributed by atoms with Gasteiger partial charge in [0.05, 0.1) is 13.2 Å². The molecule has 9 heteroatoms. The Kier molecular flexibility index (Phi) is 4.71. The highest BCUT2D eigenvalue weighted by molar-refractivity contribution is 5.77. The zero-order chi connectivity index (χ0) is 20.8. The summed E-state index contributed by atoms with van der Waals surface area (Å²) in [6.07, 6.45) is 0. The van der Waals surface area contributed by atoms with Crippen molar-refractivity contribution >= 4 is 22.8 Å². The second-order valence-corrected chi connectivity index (χ2v) is 7.98. The van der Waals surface area contributed by atoms with E-state index in [4.69, 9.17) is 9.72 Å². The van der Waals surface area contributed by atoms with Crippen LogP contribution in [0.5, 0.6) is 0 Å². The minimum absolute atomic E-state index is 0.258. The molecule has 2 aromatic heterocycles. The molecule has 1 aromatic carbocycles. The SMILES string of the molecule is Cc1ccc(N2CCn3c2nc2c3c(=O)n(CCN3CCOCC3)c(=O)n2C)cc1. The van der Waals surface area contributed by atoms with E-state index in [1.54, 1.807) is 7.05 Å². The maximum absolute atomic E-state index is 13.3. The third-order valence-corrected chi connectivity index (χ3v) is 6.09. The van der Waals surface area contributed by atoms with Crippen LogP contribution >= 0.6 is 0 Å². The molecular formula is C21H26N6O3. The molecular weight excluding hydrogens is 384 g/mol. The molecule has 0 aliphatic carbocycles. The lowest BCUT2D eigenvalue weighted by Crippen LogP contribution is -2.44. The lowest BCUT2D eigenvalue weighted by Gasteiger charge is -2.26. The molecule has 5 rings (SSSR count). The Morgan fingerprint density at radius 3 is 2.47 bits per heavy atom. The van der Waals surface area contributed by atoms with E-state index in [0.29, 0.717) is 50.0 Å². The van der Waals surface area contributed by atoms with E-state index in [0.717, 1.165) is 25.3 Å². The zero-order valence-electron chi connectivity index (χ0n) is 17.4. The highest BCUT2D eigenvalue weighted by Crippen LogP contribution is 2.31. The standard InChI is InChI=1S/C21H26N6O3/c1-15-3-5-16(6-4-15)25-9-10-26-17-18(22-20(25)26)23(2)21(29)27(19(17)28)8-7-24-11-13-30-14-12-24/h3-6H,7-14H2,1-2H3. The third kappa shape index (κ3) is 3.05. The van der Waals surface area contributed by atoms with Gasteiger partial charge in [0.25, 0.3) is 5.56 Å². The molecule has 2 aliphatic heterocycles. The Balaban J connectivity index is 1.55. The molecule has 0 radical (unpaired) electrons. The molecule has 9 nitrogen and oxygen atoms in total. The first-order valence-corrected chi connectivity index (χ1v) is 10.4. The monoisotopic (exact) mass is 410 g/mol. The summed E-state index contributed by atoms with van der Waals surface area (Å²) in [6.45, 7) is 7.51. The summed E-state index contributed by atoms with van der Waals surface area (Å²) in [6, 6.07) is 8.25. The van der Waals surface area contributed by atoms with E-state index < -0.39 is 0 Å². The summed E-state index contributed by atoms with van der Waals surface area (Å²) in [4.78, 5) is 35.2. The lowest BCUT2D eigenvalue weighted by atomic mass is 10.2. The molecule has 0 atom stereocenters. The zero-order valence-corrected chi connectivity index (χ0v) is 17.4. The first-order chi connectivity index (χ1) is 14.5. The molecule has 0 N–H and O–H groups in total. The number of fused-ring (bicyclic) bond motifs is 3. The molecule has 0 spiro atoms. The Hall–Kier alpha value is -2.91. The van der Waals surface area contributed by atoms with Crippen LogP contribution in [0.3, 0.4) is 0 Å². The first-order valence-electron chi connectivity index (χ1n) is 10.4. The van der Waals surface area contributed by atoms with E-state index in [1.165, 1.54) is 14.7 Å². The van der Waals surface area contributed by atoms with Gasteiger partial charge in [-0.15, -0.1) is 0 Å². The van der Waals surface area contributed by atoms with Gasteiger partial charge in [0.15, 0.2) is 11.2 Å². The molecule has 3 aromatic rings. The smallest absolute Gasteiger partial charge is 0.332 e. The number of ether oxygens (including phenoxy) is 1. The fourth-order valence-corrected chi connectivity index (χ4v) is 4.31. The molecule has 4 heterocycles. The van der Waals surface area contributed by atoms with Crippen LogP contribution in [0.1, 0.15) is 5.56 Å². The number of aryl methyl sites for hydroxylation is 2. The largest absolute Gasteiger partial charge is 0.379 e. The van der Waals surface area contributed by atoms with Gasteiger partial charge < -0.3 is 14.2 Å². The van der Waals surface area contributed by atoms with Crippen LogP contribution in [0, 0.1) is 6.92 Å². The maximum atomic E-state index is 13.3. The van der Waals surface area contributed by atoms with E-state index in [2.05, 4.69) is 41.0 Å². The van der Waals surface area contributed by atoms with Gasteiger partial charge in [-0.25, -0.2) is 4.79 Å². The molecule has 0 saturated carbocycles. The fourth-order valence-electron chi connectivity index (χ4n) is 4.31. The lowest BCUT2D eigenvalue weighted by molar-refractivity contribution is 0.0361. The number of imidazole rings is 1. The van der Waals surface area contributed by atoms with Crippen LogP contribution in [-0.4, -0.2) is 63.0 Å². The highest BCUT2D eigenvalue weighted by atomic mass is 16.5. The summed E-state index contributed by atoms with van der Waals surface area (Å²) in [5.41, 5.74) is 2.60. The average molecular weight is 410 g/mol. The van der Waals surface area contributed by atoms with Crippen LogP contribution in [0.4, 0.5) is 11.6 Å². The number of nitrogens with zero attached hydrogens (tertiary/aromatic N) is 6. The van der Waals surface area contributed by atoms with Gasteiger partial charge in [0, 0.05) is 52.0 Å². The van der Waals surface area contributed by atoms with Crippen molar-refractivity contribution in [1.82, 2.24) is 23.6 Å². The van der Waals surface area contributed by atoms with Crippen molar-refractivity contribution in [3.8, 4) is 0 Å². The van der Waals surface area contributed by atoms with E-state index in [9.17, 15) is 9.59 Å². The minimum Gasteiger partial charge on any atom is -0.379 e. The molecule has 0 amide bonds. The summed E-state index contributed by atoms with van der Waals surface area (Å²) < 4.78 is 10.2. The van der Waals surface area contributed by atoms with Crippen molar-refractivity contribution in [2.24, 2.45) is 7.05 Å². The van der Waals surface area contributed by atoms with Crippen molar-refractivity contribution in [3.05, 3.63) is 50.7 Å². The first kappa shape index (κ1) is 19.1. The molecule has 1 saturated heterocycles. The number of rotatable bonds is 4. The van der Waals surface area contributed by atoms with E-state index >= 15 is 0 Å². The average Bonchev–Trinajstić information content (AvgIpc) is 3.33. The normalized spacial score (nSPS) is 17.1. The summed E-state index contributed by atoms with van der Waals surface area (Å²) in [7, 11) is 1.69. The van der Waals surface area contributed by atoms with Gasteiger partial charge in [-0.05, 0) is 19.1 Å². The molecule has 30 heavy (non-hydrogen) atoms. The second kappa shape index (κ2) is 7.41. The van der Waals surface area contributed by atoms with Gasteiger partial charge >= 0.3 is 5.69 Å². The van der Waals surface area contributed by atoms with Crippen LogP contribution in [-0.2, 0) is 24.9 Å². The van der Waals surface area contributed by atoms with Gasteiger partial charge in [0.2, 0.25) is 5.95 Å². The topological polar surface area (TPSA) is 77.5 Å². The van der Waals surface area contributed by atoms with E-state index in [-0.39, 0.29) is 11.2 Å². The van der Waals surface area contributed by atoms with Gasteiger partial charge in [-0.3, -0.25) is 18.8 Å². The van der Waals surface area contributed by atoms with Crippen molar-refractivity contribution in [3.63, 3.8) is 0 Å². The van der Waals surface area contributed by atoms with Crippen molar-refractivity contribution < 1.29 is 4.74 Å². The number of anilines is 2. The summed E-state index contributed by atoms with van der Waals surface area (Å²) in [5.74, 6) is 0.715. The van der Waals surface area contributed by atoms with Crippen molar-refractivity contribution in [1.29, 1.82) is 0 Å². The molecule has 0 unspecified atom stereocenters. The Morgan fingerprint density at radius 2 is 1.73 bits per heavy atom. The number of morpholine rings is 1. The van der Waals surface area contributed by atoms with Crippen molar-refractivity contribution in [2.45, 2.75) is 20.0 Å². The quantitative estimate of drug-likeness (QED) is 0.630. The van der Waals surface area contributed by atoms with Gasteiger partial charge in [0.1, 0.15) is 0 Å². The van der Waals surface area contributed by atoms with Crippen LogP contribution < -0.4 is 16.1 Å². The Bertz CT molecular complexity index is 1200. The van der Waals surface area contributed by atoms with Crippen molar-refractivity contribution in [2.75, 3.05) is 44.3 Å². The van der Waals surface area contributed by atoms with Gasteiger partial charge in [-0.1, -0.05) is 17.7 Å². The predicted octanol–water partition coefficient (Wildman–Crippen LogP) is 0.689. The number of aromatic nitrogens is 4. The maximum Gasteiger partial charge on any atom is 0.332 e. The van der Waals surface area contributed by atoms with Gasteiger partial charge in [-0.2, -0.15) is 4.98 Å².